The van der Waals surface area contributed by atoms with Crippen LogP contribution < -0.4 is 0 Å². The Balaban J connectivity index is 0. The van der Waals surface area contributed by atoms with Gasteiger partial charge in [0.2, 0.25) is 0 Å². The lowest BCUT2D eigenvalue weighted by atomic mass is 11.7. The Kier molecular flexibility index (Phi) is 7.27. The van der Waals surface area contributed by atoms with Gasteiger partial charge in [0.15, 0.2) is 0 Å². The molecule has 0 aromatic rings. The molecule has 34 valence electrons. The monoisotopic (exact) mass is 106 g/mol. The van der Waals surface area contributed by atoms with E-state index < -0.39 is 5.88 Å². The van der Waals surface area contributed by atoms with Crippen molar-refractivity contribution in [2.75, 3.05) is 0 Å². The largest absolute Gasteiger partial charge is 0.312 e. The fourth-order valence-corrected chi connectivity index (χ4v) is 0. The topological polar surface area (TPSA) is 0 Å². The molecule has 0 nitrogen and oxygen atoms in total. The first-order valence-electron chi connectivity index (χ1n) is 0.655. The Morgan fingerprint density at radius 2 is 1.40 bits per heavy atom. The van der Waals surface area contributed by atoms with E-state index in [1.807, 2.05) is 0 Å². The molecule has 0 aliphatic heterocycles. The molecule has 0 atom stereocenters. The zero-order valence-electron chi connectivity index (χ0n) is 2.12. The van der Waals surface area contributed by atoms with Gasteiger partial charge in [-0.15, -0.1) is 0 Å². The van der Waals surface area contributed by atoms with Gasteiger partial charge in [0.1, 0.15) is 0 Å². The van der Waals surface area contributed by atoms with E-state index in [-0.39, 0.29) is 4.70 Å². The molecule has 0 bridgehead atoms. The number of rotatable bonds is 0. The summed E-state index contributed by atoms with van der Waals surface area (Å²) in [7, 11) is 0. The van der Waals surface area contributed by atoms with Crippen molar-refractivity contribution in [2.24, 2.45) is 0 Å². The van der Waals surface area contributed by atoms with Crippen molar-refractivity contribution in [1.82, 2.24) is 0 Å². The van der Waals surface area contributed by atoms with Crippen LogP contribution in [0.1, 0.15) is 0 Å². The maximum absolute atomic E-state index is 10.1. The summed E-state index contributed by atoms with van der Waals surface area (Å²) in [5, 5.41) is 0. The lowest BCUT2D eigenvalue weighted by Crippen LogP contribution is -1.62. The van der Waals surface area contributed by atoms with Gasteiger partial charge in [-0.25, -0.2) is 0 Å². The van der Waals surface area contributed by atoms with Crippen LogP contribution in [0.3, 0.4) is 0 Å². The molecule has 0 aliphatic rings. The highest BCUT2D eigenvalue weighted by Crippen LogP contribution is 1.93. The molecule has 0 heterocycles. The number of hydrogen-bond donors (Lipinski definition) is 0. The van der Waals surface area contributed by atoms with Gasteiger partial charge < -0.3 is 0 Å². The maximum Gasteiger partial charge on any atom is 0.312 e. The molecule has 0 aliphatic carbocycles. The second-order valence-electron chi connectivity index (χ2n) is 0.247. The van der Waals surface area contributed by atoms with Crippen molar-refractivity contribution in [3.63, 3.8) is 0 Å². The summed E-state index contributed by atoms with van der Waals surface area (Å²) >= 11 is 3.94. The van der Waals surface area contributed by atoms with E-state index in [9.17, 15) is 8.78 Å². The average Bonchev–Trinajstić information content (AvgIpc) is 0.811. The summed E-state index contributed by atoms with van der Waals surface area (Å²) in [5.74, 6) is -2.69. The van der Waals surface area contributed by atoms with Crippen LogP contribution in [0.25, 0.3) is 0 Å². The molecular formula is CH2ClF3. The molecule has 4 heteroatoms. The van der Waals surface area contributed by atoms with Gasteiger partial charge in [-0.2, -0.15) is 8.78 Å². The van der Waals surface area contributed by atoms with Gasteiger partial charge >= 0.3 is 5.88 Å². The third-order valence-electron chi connectivity index (χ3n) is 0. The Bertz CT molecular complexity index is 11.6. The quantitative estimate of drug-likeness (QED) is 0.412. The molecular weight excluding hydrogens is 104 g/mol. The minimum absolute atomic E-state index is 0. The van der Waals surface area contributed by atoms with Crippen LogP contribution in [0.5, 0.6) is 0 Å². The highest BCUT2D eigenvalue weighted by atomic mass is 35.5. The van der Waals surface area contributed by atoms with Gasteiger partial charge in [0.05, 0.1) is 0 Å². The van der Waals surface area contributed by atoms with Gasteiger partial charge in [0.25, 0.3) is 0 Å². The summed E-state index contributed by atoms with van der Waals surface area (Å²) in [4.78, 5) is 0. The van der Waals surface area contributed by atoms with E-state index in [1.54, 1.807) is 0 Å². The van der Waals surface area contributed by atoms with E-state index in [0.717, 1.165) is 0 Å². The fraction of sp³-hybridized carbons (Fsp3) is 1.00. The minimum Gasteiger partial charge on any atom is -0.269 e. The van der Waals surface area contributed by atoms with E-state index in [4.69, 9.17) is 0 Å². The van der Waals surface area contributed by atoms with E-state index in [1.165, 1.54) is 0 Å². The lowest BCUT2D eigenvalue weighted by molar-refractivity contribution is 0.243. The second-order valence-corrected chi connectivity index (χ2v) is 0.577. The SMILES string of the molecule is F.FC(F)Cl. The van der Waals surface area contributed by atoms with Crippen LogP contribution in [0.4, 0.5) is 13.5 Å². The van der Waals surface area contributed by atoms with Crippen LogP contribution >= 0.6 is 11.6 Å². The first-order chi connectivity index (χ1) is 1.73. The van der Waals surface area contributed by atoms with Crippen LogP contribution in [0.2, 0.25) is 0 Å². The summed E-state index contributed by atoms with van der Waals surface area (Å²) in [6.45, 7) is 0. The molecule has 0 rings (SSSR count). The Morgan fingerprint density at radius 3 is 1.40 bits per heavy atom. The number of alkyl halides is 3. The molecule has 5 heavy (non-hydrogen) atoms. The van der Waals surface area contributed by atoms with Crippen molar-refractivity contribution in [3.05, 3.63) is 0 Å². The first kappa shape index (κ1) is 8.91. The Hall–Kier alpha value is 0.0800. The molecule has 0 saturated heterocycles. The van der Waals surface area contributed by atoms with Crippen molar-refractivity contribution in [2.45, 2.75) is 5.88 Å². The summed E-state index contributed by atoms with van der Waals surface area (Å²) in [5.41, 5.74) is 0. The van der Waals surface area contributed by atoms with Gasteiger partial charge in [-0.05, 0) is 0 Å². The van der Waals surface area contributed by atoms with Crippen LogP contribution in [0, 0.1) is 0 Å². The molecule has 0 amide bonds. The molecule has 0 saturated carbocycles. The van der Waals surface area contributed by atoms with Crippen molar-refractivity contribution < 1.29 is 13.5 Å². The Labute approximate surface area is 32.1 Å². The standard InChI is InChI=1S/CHClF2.FH/c2-1(3)4;/h1H;1H. The smallest absolute Gasteiger partial charge is 0.269 e. The van der Waals surface area contributed by atoms with E-state index >= 15 is 0 Å². The predicted molar refractivity (Wildman–Crippen MR) is 14.4 cm³/mol. The number of halogens is 4. The van der Waals surface area contributed by atoms with Crippen LogP contribution in [-0.2, 0) is 0 Å². The minimum atomic E-state index is -2.69. The summed E-state index contributed by atoms with van der Waals surface area (Å²) in [6, 6.07) is 0. The fourth-order valence-electron chi connectivity index (χ4n) is 0. The average molecular weight is 106 g/mol. The van der Waals surface area contributed by atoms with Crippen molar-refractivity contribution in [3.8, 4) is 0 Å². The Morgan fingerprint density at radius 1 is 1.40 bits per heavy atom. The third-order valence-corrected chi connectivity index (χ3v) is 0. The van der Waals surface area contributed by atoms with Gasteiger partial charge in [-0.3, -0.25) is 4.70 Å². The summed E-state index contributed by atoms with van der Waals surface area (Å²) < 4.78 is 20.2. The van der Waals surface area contributed by atoms with Crippen LogP contribution in [0.15, 0.2) is 0 Å². The third kappa shape index (κ3) is 2760. The van der Waals surface area contributed by atoms with Gasteiger partial charge in [-0.1, -0.05) is 11.6 Å². The van der Waals surface area contributed by atoms with E-state index in [0.29, 0.717) is 0 Å². The molecule has 0 unspecified atom stereocenters. The van der Waals surface area contributed by atoms with E-state index in [2.05, 4.69) is 11.6 Å². The van der Waals surface area contributed by atoms with Crippen LogP contribution in [-0.4, -0.2) is 5.88 Å². The second kappa shape index (κ2) is 4.08. The highest BCUT2D eigenvalue weighted by Gasteiger charge is 1.83. The van der Waals surface area contributed by atoms with Gasteiger partial charge in [0, 0.05) is 0 Å². The first-order valence-corrected chi connectivity index (χ1v) is 1.09. The normalized spacial score (nSPS) is 7.20. The van der Waals surface area contributed by atoms with Crippen molar-refractivity contribution >= 4 is 11.6 Å². The molecule has 0 aromatic heterocycles. The number of hydrogen-bond acceptors (Lipinski definition) is 0. The molecule has 0 aromatic carbocycles. The highest BCUT2D eigenvalue weighted by molar-refractivity contribution is 6.18. The molecule has 0 N–H and O–H groups in total. The predicted octanol–water partition coefficient (Wildman–Crippen LogP) is 1.60. The summed E-state index contributed by atoms with van der Waals surface area (Å²) in [6.07, 6.45) is 0. The van der Waals surface area contributed by atoms with Crippen molar-refractivity contribution in [1.29, 1.82) is 0 Å². The molecule has 0 radical (unpaired) electrons. The molecule has 0 spiro atoms. The molecule has 0 fully saturated rings. The zero-order chi connectivity index (χ0) is 3.58. The maximum atomic E-state index is 10.1. The zero-order valence-corrected chi connectivity index (χ0v) is 2.88. The lowest BCUT2D eigenvalue weighted by Gasteiger charge is -1.66.